The molecule has 28 heavy (non-hydrogen) atoms. The van der Waals surface area contributed by atoms with E-state index in [1.165, 1.54) is 18.2 Å². The second kappa shape index (κ2) is 10.7. The molecule has 1 rings (SSSR count). The molecule has 1 unspecified atom stereocenters. The van der Waals surface area contributed by atoms with E-state index in [4.69, 9.17) is 0 Å². The number of rotatable bonds is 10. The Labute approximate surface area is 169 Å². The molecule has 1 aromatic carbocycles. The van der Waals surface area contributed by atoms with Crippen LogP contribution in [-0.4, -0.2) is 41.8 Å². The van der Waals surface area contributed by atoms with Gasteiger partial charge in [0.1, 0.15) is 5.70 Å². The summed E-state index contributed by atoms with van der Waals surface area (Å²) in [5, 5.41) is 16.9. The van der Waals surface area contributed by atoms with Gasteiger partial charge in [0.05, 0.1) is 11.3 Å². The molecular formula is C22H35N3O3. The molecule has 0 fully saturated rings. The fraction of sp³-hybridized carbons (Fsp3) is 0.545. The number of anilines is 1. The number of carbonyl (C=O) groups is 2. The van der Waals surface area contributed by atoms with Crippen LogP contribution < -0.4 is 10.6 Å². The zero-order chi connectivity index (χ0) is 21.4. The lowest BCUT2D eigenvalue weighted by Crippen LogP contribution is -2.28. The van der Waals surface area contributed by atoms with E-state index >= 15 is 0 Å². The monoisotopic (exact) mass is 389 g/mol. The minimum absolute atomic E-state index is 0.150. The van der Waals surface area contributed by atoms with Gasteiger partial charge in [0.15, 0.2) is 11.5 Å². The third-order valence-corrected chi connectivity index (χ3v) is 4.54. The van der Waals surface area contributed by atoms with Crippen LogP contribution >= 0.6 is 0 Å². The van der Waals surface area contributed by atoms with Gasteiger partial charge in [-0.15, -0.1) is 0 Å². The maximum atomic E-state index is 12.2. The SMILES string of the molecule is CC(=O)/C(Nc1cccc(C(=O)N(C)C)c1O)=C(\C)NC(C)CCCC(C)C. The molecule has 1 amide bonds. The first kappa shape index (κ1) is 23.5. The summed E-state index contributed by atoms with van der Waals surface area (Å²) < 4.78 is 0. The van der Waals surface area contributed by atoms with E-state index in [9.17, 15) is 14.7 Å². The highest BCUT2D eigenvalue weighted by atomic mass is 16.3. The van der Waals surface area contributed by atoms with Gasteiger partial charge in [0.25, 0.3) is 5.91 Å². The highest BCUT2D eigenvalue weighted by Gasteiger charge is 2.18. The van der Waals surface area contributed by atoms with Gasteiger partial charge in [-0.2, -0.15) is 0 Å². The van der Waals surface area contributed by atoms with Crippen molar-refractivity contribution in [1.29, 1.82) is 0 Å². The number of hydrogen-bond donors (Lipinski definition) is 3. The lowest BCUT2D eigenvalue weighted by atomic mass is 10.0. The summed E-state index contributed by atoms with van der Waals surface area (Å²) in [7, 11) is 3.25. The number of benzene rings is 1. The molecule has 0 saturated heterocycles. The molecule has 0 saturated carbocycles. The van der Waals surface area contributed by atoms with Crippen molar-refractivity contribution in [2.75, 3.05) is 19.4 Å². The van der Waals surface area contributed by atoms with Gasteiger partial charge in [-0.25, -0.2) is 0 Å². The van der Waals surface area contributed by atoms with Crippen LogP contribution in [0.15, 0.2) is 29.6 Å². The number of ketones is 1. The normalized spacial score (nSPS) is 13.0. The minimum atomic E-state index is -0.303. The molecule has 6 heteroatoms. The number of nitrogens with one attached hydrogen (secondary N) is 2. The predicted molar refractivity (Wildman–Crippen MR) is 114 cm³/mol. The van der Waals surface area contributed by atoms with Gasteiger partial charge in [0.2, 0.25) is 0 Å². The standard InChI is InChI=1S/C22H35N3O3/c1-14(2)10-8-11-15(3)23-16(4)20(17(5)26)24-19-13-9-12-18(21(19)27)22(28)25(6)7/h9,12-15,23-24,27H,8,10-11H2,1-7H3/b20-16-. The highest BCUT2D eigenvalue weighted by molar-refractivity contribution is 6.00. The molecule has 0 heterocycles. The maximum Gasteiger partial charge on any atom is 0.257 e. The van der Waals surface area contributed by atoms with Gasteiger partial charge in [0, 0.05) is 32.8 Å². The van der Waals surface area contributed by atoms with Crippen molar-refractivity contribution in [1.82, 2.24) is 10.2 Å². The molecule has 1 atom stereocenters. The first-order valence-corrected chi connectivity index (χ1v) is 9.83. The molecular weight excluding hydrogens is 354 g/mol. The molecule has 3 N–H and O–H groups in total. The Kier molecular flexibility index (Phi) is 9.03. The number of Topliss-reactive ketones (excluding diaryl/α,β-unsaturated/α-hetero) is 1. The van der Waals surface area contributed by atoms with E-state index in [1.807, 2.05) is 6.92 Å². The number of carbonyl (C=O) groups excluding carboxylic acids is 2. The number of allylic oxidation sites excluding steroid dienone is 2. The van der Waals surface area contributed by atoms with Crippen molar-refractivity contribution in [3.8, 4) is 5.75 Å². The Morgan fingerprint density at radius 3 is 2.29 bits per heavy atom. The summed E-state index contributed by atoms with van der Waals surface area (Å²) in [5.41, 5.74) is 1.60. The second-order valence-electron chi connectivity index (χ2n) is 7.95. The summed E-state index contributed by atoms with van der Waals surface area (Å²) in [4.78, 5) is 25.8. The smallest absolute Gasteiger partial charge is 0.257 e. The van der Waals surface area contributed by atoms with Gasteiger partial charge in [-0.1, -0.05) is 32.8 Å². The van der Waals surface area contributed by atoms with Crippen LogP contribution in [0.5, 0.6) is 5.75 Å². The Bertz CT molecular complexity index is 724. The van der Waals surface area contributed by atoms with E-state index in [1.54, 1.807) is 32.3 Å². The average Bonchev–Trinajstić information content (AvgIpc) is 2.59. The molecule has 0 aromatic heterocycles. The lowest BCUT2D eigenvalue weighted by molar-refractivity contribution is -0.113. The van der Waals surface area contributed by atoms with Crippen molar-refractivity contribution in [2.45, 2.75) is 59.9 Å². The first-order chi connectivity index (χ1) is 13.0. The van der Waals surface area contributed by atoms with Crippen molar-refractivity contribution in [2.24, 2.45) is 5.92 Å². The average molecular weight is 390 g/mol. The zero-order valence-corrected chi connectivity index (χ0v) is 18.2. The molecule has 0 aliphatic heterocycles. The Morgan fingerprint density at radius 2 is 1.75 bits per heavy atom. The Balaban J connectivity index is 3.01. The lowest BCUT2D eigenvalue weighted by Gasteiger charge is -2.20. The first-order valence-electron chi connectivity index (χ1n) is 9.83. The fourth-order valence-corrected chi connectivity index (χ4v) is 2.98. The van der Waals surface area contributed by atoms with Gasteiger partial charge in [-0.05, 0) is 38.3 Å². The quantitative estimate of drug-likeness (QED) is 0.414. The van der Waals surface area contributed by atoms with Crippen LogP contribution in [-0.2, 0) is 4.79 Å². The number of aromatic hydroxyl groups is 1. The molecule has 0 bridgehead atoms. The maximum absolute atomic E-state index is 12.2. The molecule has 1 aromatic rings. The van der Waals surface area contributed by atoms with E-state index in [-0.39, 0.29) is 29.0 Å². The molecule has 0 aliphatic rings. The van der Waals surface area contributed by atoms with E-state index < -0.39 is 0 Å². The Morgan fingerprint density at radius 1 is 1.11 bits per heavy atom. The van der Waals surface area contributed by atoms with E-state index in [0.29, 0.717) is 23.0 Å². The van der Waals surface area contributed by atoms with Crippen molar-refractivity contribution < 1.29 is 14.7 Å². The molecule has 0 radical (unpaired) electrons. The third kappa shape index (κ3) is 6.91. The second-order valence-corrected chi connectivity index (χ2v) is 7.95. The number of nitrogens with zero attached hydrogens (tertiary/aromatic N) is 1. The summed E-state index contributed by atoms with van der Waals surface area (Å²) >= 11 is 0. The summed E-state index contributed by atoms with van der Waals surface area (Å²) in [6.45, 7) is 9.83. The number of phenolic OH excluding ortho intramolecular Hbond substituents is 1. The van der Waals surface area contributed by atoms with E-state index in [2.05, 4.69) is 31.4 Å². The number of para-hydroxylation sites is 1. The molecule has 0 spiro atoms. The largest absolute Gasteiger partial charge is 0.505 e. The van der Waals surface area contributed by atoms with Crippen molar-refractivity contribution in [3.05, 3.63) is 35.2 Å². The van der Waals surface area contributed by atoms with Crippen molar-refractivity contribution >= 4 is 17.4 Å². The third-order valence-electron chi connectivity index (χ3n) is 4.54. The van der Waals surface area contributed by atoms with Crippen LogP contribution in [0, 0.1) is 5.92 Å². The summed E-state index contributed by atoms with van der Waals surface area (Å²) in [5.74, 6) is 0.0578. The molecule has 6 nitrogen and oxygen atoms in total. The van der Waals surface area contributed by atoms with Crippen LogP contribution in [0.2, 0.25) is 0 Å². The summed E-state index contributed by atoms with van der Waals surface area (Å²) in [6.07, 6.45) is 3.31. The van der Waals surface area contributed by atoms with Gasteiger partial charge < -0.3 is 20.6 Å². The van der Waals surface area contributed by atoms with E-state index in [0.717, 1.165) is 12.8 Å². The fourth-order valence-electron chi connectivity index (χ4n) is 2.98. The number of amides is 1. The number of hydrogen-bond acceptors (Lipinski definition) is 5. The van der Waals surface area contributed by atoms with Crippen LogP contribution in [0.25, 0.3) is 0 Å². The molecule has 156 valence electrons. The minimum Gasteiger partial charge on any atom is -0.505 e. The van der Waals surface area contributed by atoms with Crippen LogP contribution in [0.3, 0.4) is 0 Å². The number of phenols is 1. The topological polar surface area (TPSA) is 81.7 Å². The zero-order valence-electron chi connectivity index (χ0n) is 18.2. The molecule has 0 aliphatic carbocycles. The van der Waals surface area contributed by atoms with Crippen molar-refractivity contribution in [3.63, 3.8) is 0 Å². The van der Waals surface area contributed by atoms with Crippen LogP contribution in [0.4, 0.5) is 5.69 Å². The van der Waals surface area contributed by atoms with Gasteiger partial charge >= 0.3 is 0 Å². The van der Waals surface area contributed by atoms with Gasteiger partial charge in [-0.3, -0.25) is 9.59 Å². The Hall–Kier alpha value is -2.50. The highest BCUT2D eigenvalue weighted by Crippen LogP contribution is 2.29. The van der Waals surface area contributed by atoms with Crippen LogP contribution in [0.1, 0.15) is 64.2 Å². The predicted octanol–water partition coefficient (Wildman–Crippen LogP) is 4.13. The summed E-state index contributed by atoms with van der Waals surface area (Å²) in [6, 6.07) is 5.10.